The summed E-state index contributed by atoms with van der Waals surface area (Å²) in [5.41, 5.74) is 2.50. The number of fused-ring (bicyclic) bond motifs is 4. The monoisotopic (exact) mass is 442 g/mol. The minimum absolute atomic E-state index is 0.592. The van der Waals surface area contributed by atoms with Gasteiger partial charge in [-0.1, -0.05) is 37.1 Å². The molecule has 0 amide bonds. The fourth-order valence-electron chi connectivity index (χ4n) is 6.42. The fourth-order valence-corrected chi connectivity index (χ4v) is 6.87. The first-order chi connectivity index (χ1) is 14.6. The topological polar surface area (TPSA) is 48.1 Å². The molecule has 162 valence electrons. The van der Waals surface area contributed by atoms with Crippen molar-refractivity contribution in [1.82, 2.24) is 21.3 Å². The standard InChI is InChI=1S/C24H34N4S2/c29-23(27-21-11-17-5-7-19(21)9-17)25-13-15-1-2-16(4-3-15)14-26-24(30)28-22-12-18-6-8-20(22)10-18/h1-4,17-22H,5-14H2,(H2,25,27,29)(H2,26,28,30)/t17-,18-,19-,20-,21-,22-/m1/s1. The summed E-state index contributed by atoms with van der Waals surface area (Å²) < 4.78 is 0. The maximum atomic E-state index is 5.53. The zero-order chi connectivity index (χ0) is 20.5. The van der Waals surface area contributed by atoms with Crippen LogP contribution in [0.2, 0.25) is 0 Å². The van der Waals surface area contributed by atoms with Crippen molar-refractivity contribution < 1.29 is 0 Å². The first-order valence-electron chi connectivity index (χ1n) is 11.8. The first kappa shape index (κ1) is 20.5. The Morgan fingerprint density at radius 1 is 0.667 bits per heavy atom. The van der Waals surface area contributed by atoms with Crippen LogP contribution in [0.4, 0.5) is 0 Å². The molecule has 0 spiro atoms. The highest BCUT2D eigenvalue weighted by molar-refractivity contribution is 7.80. The van der Waals surface area contributed by atoms with Gasteiger partial charge in [0.1, 0.15) is 0 Å². The zero-order valence-electron chi connectivity index (χ0n) is 17.7. The summed E-state index contributed by atoms with van der Waals surface area (Å²) >= 11 is 11.1. The second kappa shape index (κ2) is 8.99. The lowest BCUT2D eigenvalue weighted by atomic mass is 9.95. The third kappa shape index (κ3) is 4.75. The Labute approximate surface area is 191 Å². The van der Waals surface area contributed by atoms with E-state index in [0.29, 0.717) is 12.1 Å². The number of nitrogens with one attached hydrogen (secondary N) is 4. The van der Waals surface area contributed by atoms with Gasteiger partial charge in [-0.15, -0.1) is 0 Å². The number of thiocarbonyl (C=S) groups is 2. The third-order valence-corrected chi connectivity index (χ3v) is 8.56. The molecule has 30 heavy (non-hydrogen) atoms. The molecular formula is C24H34N4S2. The Morgan fingerprint density at radius 3 is 1.43 bits per heavy atom. The molecule has 5 rings (SSSR count). The van der Waals surface area contributed by atoms with Crippen molar-refractivity contribution >= 4 is 34.7 Å². The molecule has 4 aliphatic carbocycles. The average Bonchev–Trinajstić information content (AvgIpc) is 3.53. The molecule has 0 aromatic heterocycles. The van der Waals surface area contributed by atoms with Crippen molar-refractivity contribution in [2.75, 3.05) is 0 Å². The Bertz CT molecular complexity index is 715. The van der Waals surface area contributed by atoms with Crippen LogP contribution in [0.25, 0.3) is 0 Å². The van der Waals surface area contributed by atoms with E-state index in [1.54, 1.807) is 0 Å². The first-order valence-corrected chi connectivity index (χ1v) is 12.6. The number of hydrogen-bond acceptors (Lipinski definition) is 2. The van der Waals surface area contributed by atoms with E-state index < -0.39 is 0 Å². The lowest BCUT2D eigenvalue weighted by Gasteiger charge is -2.24. The smallest absolute Gasteiger partial charge is 0.166 e. The van der Waals surface area contributed by atoms with Gasteiger partial charge >= 0.3 is 0 Å². The lowest BCUT2D eigenvalue weighted by molar-refractivity contribution is 0.389. The minimum Gasteiger partial charge on any atom is -0.360 e. The van der Waals surface area contributed by atoms with Gasteiger partial charge in [0, 0.05) is 25.2 Å². The SMILES string of the molecule is S=C(NCc1ccc(CNC(=S)N[C@@H]2C[C@@H]3CC[C@@H]2C3)cc1)N[C@@H]1C[C@@H]2CC[C@@H]1C2. The summed E-state index contributed by atoms with van der Waals surface area (Å²) in [6, 6.07) is 9.89. The molecule has 1 aromatic rings. The van der Waals surface area contributed by atoms with Gasteiger partial charge in [0.25, 0.3) is 0 Å². The summed E-state index contributed by atoms with van der Waals surface area (Å²) in [4.78, 5) is 0. The van der Waals surface area contributed by atoms with E-state index in [0.717, 1.165) is 47.0 Å². The van der Waals surface area contributed by atoms with E-state index in [4.69, 9.17) is 24.4 Å². The Hall–Kier alpha value is -1.40. The highest BCUT2D eigenvalue weighted by Crippen LogP contribution is 2.45. The van der Waals surface area contributed by atoms with Gasteiger partial charge in [0.15, 0.2) is 10.2 Å². The highest BCUT2D eigenvalue weighted by atomic mass is 32.1. The van der Waals surface area contributed by atoms with Crippen LogP contribution in [0.1, 0.15) is 62.5 Å². The van der Waals surface area contributed by atoms with E-state index >= 15 is 0 Å². The van der Waals surface area contributed by atoms with Gasteiger partial charge in [-0.3, -0.25) is 0 Å². The van der Waals surface area contributed by atoms with Crippen LogP contribution < -0.4 is 21.3 Å². The molecule has 0 aliphatic heterocycles. The Kier molecular flexibility index (Phi) is 6.15. The Balaban J connectivity index is 1.01. The molecule has 4 saturated carbocycles. The summed E-state index contributed by atoms with van der Waals surface area (Å²) in [5, 5.41) is 15.5. The number of benzene rings is 1. The van der Waals surface area contributed by atoms with Crippen molar-refractivity contribution in [2.45, 2.75) is 76.5 Å². The van der Waals surface area contributed by atoms with Crippen LogP contribution in [-0.4, -0.2) is 22.3 Å². The normalized spacial score (nSPS) is 33.5. The van der Waals surface area contributed by atoms with Gasteiger partial charge in [-0.05, 0) is 97.8 Å². The molecule has 1 aromatic carbocycles. The van der Waals surface area contributed by atoms with Crippen LogP contribution in [0.5, 0.6) is 0 Å². The molecule has 0 radical (unpaired) electrons. The van der Waals surface area contributed by atoms with E-state index in [2.05, 4.69) is 45.5 Å². The van der Waals surface area contributed by atoms with Crippen molar-refractivity contribution in [3.05, 3.63) is 35.4 Å². The van der Waals surface area contributed by atoms with Crippen molar-refractivity contribution in [3.8, 4) is 0 Å². The molecule has 4 bridgehead atoms. The number of hydrogen-bond donors (Lipinski definition) is 4. The average molecular weight is 443 g/mol. The Morgan fingerprint density at radius 2 is 1.10 bits per heavy atom. The van der Waals surface area contributed by atoms with Crippen LogP contribution >= 0.6 is 24.4 Å². The van der Waals surface area contributed by atoms with Gasteiger partial charge in [-0.2, -0.15) is 0 Å². The van der Waals surface area contributed by atoms with Gasteiger partial charge in [0.05, 0.1) is 0 Å². The molecule has 4 N–H and O–H groups in total. The third-order valence-electron chi connectivity index (χ3n) is 8.04. The predicted molar refractivity (Wildman–Crippen MR) is 130 cm³/mol. The largest absolute Gasteiger partial charge is 0.360 e. The summed E-state index contributed by atoms with van der Waals surface area (Å²) in [6.07, 6.45) is 11.0. The molecule has 6 heteroatoms. The molecule has 6 atom stereocenters. The lowest BCUT2D eigenvalue weighted by Crippen LogP contribution is -2.44. The molecule has 0 unspecified atom stereocenters. The quantitative estimate of drug-likeness (QED) is 0.500. The van der Waals surface area contributed by atoms with Crippen LogP contribution in [0.15, 0.2) is 24.3 Å². The molecule has 0 heterocycles. The fraction of sp³-hybridized carbons (Fsp3) is 0.667. The van der Waals surface area contributed by atoms with Crippen molar-refractivity contribution in [1.29, 1.82) is 0 Å². The van der Waals surface area contributed by atoms with Gasteiger partial charge in [0.2, 0.25) is 0 Å². The second-order valence-electron chi connectivity index (χ2n) is 10.0. The highest BCUT2D eigenvalue weighted by Gasteiger charge is 2.40. The number of rotatable bonds is 6. The molecule has 4 aliphatic rings. The van der Waals surface area contributed by atoms with Crippen LogP contribution in [-0.2, 0) is 13.1 Å². The molecular weight excluding hydrogens is 408 g/mol. The summed E-state index contributed by atoms with van der Waals surface area (Å²) in [6.45, 7) is 1.54. The minimum atomic E-state index is 0.592. The predicted octanol–water partition coefficient (Wildman–Crippen LogP) is 3.99. The van der Waals surface area contributed by atoms with E-state index in [-0.39, 0.29) is 0 Å². The van der Waals surface area contributed by atoms with Gasteiger partial charge < -0.3 is 21.3 Å². The molecule has 0 saturated heterocycles. The summed E-state index contributed by atoms with van der Waals surface area (Å²) in [7, 11) is 0. The maximum Gasteiger partial charge on any atom is 0.166 e. The van der Waals surface area contributed by atoms with Crippen LogP contribution in [0, 0.1) is 23.7 Å². The summed E-state index contributed by atoms with van der Waals surface area (Å²) in [5.74, 6) is 3.55. The zero-order valence-corrected chi connectivity index (χ0v) is 19.3. The maximum absolute atomic E-state index is 5.53. The van der Waals surface area contributed by atoms with Gasteiger partial charge in [-0.25, -0.2) is 0 Å². The second-order valence-corrected chi connectivity index (χ2v) is 10.8. The van der Waals surface area contributed by atoms with Crippen molar-refractivity contribution in [3.63, 3.8) is 0 Å². The van der Waals surface area contributed by atoms with Crippen molar-refractivity contribution in [2.24, 2.45) is 23.7 Å². The van der Waals surface area contributed by atoms with Crippen LogP contribution in [0.3, 0.4) is 0 Å². The molecule has 4 fully saturated rings. The van der Waals surface area contributed by atoms with E-state index in [1.807, 2.05) is 0 Å². The molecule has 4 nitrogen and oxygen atoms in total. The van der Waals surface area contributed by atoms with E-state index in [9.17, 15) is 0 Å². The van der Waals surface area contributed by atoms with E-state index in [1.165, 1.54) is 62.5 Å².